The van der Waals surface area contributed by atoms with Crippen LogP contribution in [0.15, 0.2) is 59.5 Å². The van der Waals surface area contributed by atoms with Crippen LogP contribution in [0.3, 0.4) is 0 Å². The van der Waals surface area contributed by atoms with Gasteiger partial charge in [-0.05, 0) is 43.3 Å². The van der Waals surface area contributed by atoms with Gasteiger partial charge in [-0.3, -0.25) is 4.79 Å². The molecule has 0 bridgehead atoms. The molecule has 0 spiro atoms. The molecule has 2 rings (SSSR count). The minimum atomic E-state index is -1.46. The smallest absolute Gasteiger partial charge is 0.256 e. The van der Waals surface area contributed by atoms with E-state index in [9.17, 15) is 9.90 Å². The second-order valence-corrected chi connectivity index (χ2v) is 6.11. The van der Waals surface area contributed by atoms with Gasteiger partial charge in [0, 0.05) is 16.3 Å². The van der Waals surface area contributed by atoms with Crippen LogP contribution in [-0.2, 0) is 4.79 Å². The minimum Gasteiger partial charge on any atom is -0.497 e. The molecule has 1 atom stereocenters. The Balaban J connectivity index is 1.93. The molecular formula is C17H19NO3S. The third kappa shape index (κ3) is 4.51. The van der Waals surface area contributed by atoms with Gasteiger partial charge in [0.15, 0.2) is 0 Å². The predicted octanol–water partition coefficient (Wildman–Crippen LogP) is 3.18. The fraction of sp³-hybridized carbons (Fsp3) is 0.235. The molecule has 0 unspecified atom stereocenters. The number of aliphatic hydroxyl groups is 1. The predicted molar refractivity (Wildman–Crippen MR) is 89.4 cm³/mol. The number of ether oxygens (including phenoxy) is 1. The molecule has 2 aromatic rings. The summed E-state index contributed by atoms with van der Waals surface area (Å²) in [6.45, 7) is 1.52. The third-order valence-electron chi connectivity index (χ3n) is 3.10. The Bertz CT molecular complexity index is 612. The molecule has 0 saturated carbocycles. The van der Waals surface area contributed by atoms with Gasteiger partial charge >= 0.3 is 0 Å². The summed E-state index contributed by atoms with van der Waals surface area (Å²) in [5.41, 5.74) is -0.789. The van der Waals surface area contributed by atoms with E-state index in [-0.39, 0.29) is 5.75 Å². The highest BCUT2D eigenvalue weighted by Gasteiger charge is 2.30. The van der Waals surface area contributed by atoms with Gasteiger partial charge < -0.3 is 15.2 Å². The van der Waals surface area contributed by atoms with Crippen molar-refractivity contribution in [2.75, 3.05) is 18.2 Å². The van der Waals surface area contributed by atoms with Gasteiger partial charge in [0.05, 0.1) is 7.11 Å². The van der Waals surface area contributed by atoms with Crippen LogP contribution in [0.25, 0.3) is 0 Å². The molecule has 22 heavy (non-hydrogen) atoms. The van der Waals surface area contributed by atoms with Crippen molar-refractivity contribution < 1.29 is 14.6 Å². The van der Waals surface area contributed by atoms with Crippen LogP contribution in [0.1, 0.15) is 6.92 Å². The standard InChI is InChI=1S/C17H19NO3S/c1-17(20,16(19)18-13-6-4-3-5-7-13)12-22-15-10-8-14(21-2)9-11-15/h3-11,20H,12H2,1-2H3,(H,18,19)/t17-/m1/s1. The molecule has 0 heterocycles. The van der Waals surface area contributed by atoms with Crippen LogP contribution in [0, 0.1) is 0 Å². The average Bonchev–Trinajstić information content (AvgIpc) is 2.54. The molecule has 116 valence electrons. The second-order valence-electron chi connectivity index (χ2n) is 5.06. The van der Waals surface area contributed by atoms with E-state index in [4.69, 9.17) is 4.74 Å². The van der Waals surface area contributed by atoms with Crippen LogP contribution in [0.4, 0.5) is 5.69 Å². The molecule has 0 aliphatic heterocycles. The highest BCUT2D eigenvalue weighted by Crippen LogP contribution is 2.25. The minimum absolute atomic E-state index is 0.262. The van der Waals surface area contributed by atoms with Crippen LogP contribution >= 0.6 is 11.8 Å². The fourth-order valence-electron chi connectivity index (χ4n) is 1.75. The first-order valence-electron chi connectivity index (χ1n) is 6.87. The maximum absolute atomic E-state index is 12.2. The number of nitrogens with one attached hydrogen (secondary N) is 1. The lowest BCUT2D eigenvalue weighted by atomic mass is 10.1. The largest absolute Gasteiger partial charge is 0.497 e. The second kappa shape index (κ2) is 7.33. The van der Waals surface area contributed by atoms with E-state index in [1.807, 2.05) is 42.5 Å². The van der Waals surface area contributed by atoms with Crippen LogP contribution in [0.5, 0.6) is 5.75 Å². The molecule has 1 amide bonds. The molecule has 0 radical (unpaired) electrons. The third-order valence-corrected chi connectivity index (χ3v) is 4.41. The van der Waals surface area contributed by atoms with E-state index in [2.05, 4.69) is 5.32 Å². The van der Waals surface area contributed by atoms with E-state index in [1.165, 1.54) is 18.7 Å². The number of carbonyl (C=O) groups is 1. The zero-order valence-electron chi connectivity index (χ0n) is 12.6. The molecule has 2 aromatic carbocycles. The Kier molecular flexibility index (Phi) is 5.46. The fourth-order valence-corrected chi connectivity index (χ4v) is 2.66. The number of para-hydroxylation sites is 1. The van der Waals surface area contributed by atoms with Gasteiger partial charge in [-0.2, -0.15) is 0 Å². The number of amides is 1. The van der Waals surface area contributed by atoms with Crippen molar-refractivity contribution in [1.82, 2.24) is 0 Å². The van der Waals surface area contributed by atoms with Gasteiger partial charge in [0.25, 0.3) is 5.91 Å². The van der Waals surface area contributed by atoms with Crippen LogP contribution in [0.2, 0.25) is 0 Å². The first kappa shape index (κ1) is 16.4. The number of thioether (sulfide) groups is 1. The lowest BCUT2D eigenvalue weighted by molar-refractivity contribution is -0.130. The Labute approximate surface area is 134 Å². The summed E-state index contributed by atoms with van der Waals surface area (Å²) in [4.78, 5) is 13.1. The summed E-state index contributed by atoms with van der Waals surface area (Å²) in [6.07, 6.45) is 0. The first-order valence-corrected chi connectivity index (χ1v) is 7.85. The number of carbonyl (C=O) groups excluding carboxylic acids is 1. The summed E-state index contributed by atoms with van der Waals surface area (Å²) in [6, 6.07) is 16.6. The topological polar surface area (TPSA) is 58.6 Å². The average molecular weight is 317 g/mol. The van der Waals surface area contributed by atoms with E-state index in [0.717, 1.165) is 10.6 Å². The van der Waals surface area contributed by atoms with Crippen molar-refractivity contribution in [2.24, 2.45) is 0 Å². The highest BCUT2D eigenvalue weighted by molar-refractivity contribution is 7.99. The number of anilines is 1. The molecule has 2 N–H and O–H groups in total. The van der Waals surface area contributed by atoms with Gasteiger partial charge in [0.1, 0.15) is 11.4 Å². The zero-order chi connectivity index (χ0) is 16.0. The maximum Gasteiger partial charge on any atom is 0.256 e. The van der Waals surface area contributed by atoms with Crippen molar-refractivity contribution in [3.05, 3.63) is 54.6 Å². The summed E-state index contributed by atoms with van der Waals surface area (Å²) in [5.74, 6) is 0.621. The molecule has 4 nitrogen and oxygen atoms in total. The Morgan fingerprint density at radius 1 is 1.18 bits per heavy atom. The van der Waals surface area contributed by atoms with Crippen LogP contribution in [-0.4, -0.2) is 29.5 Å². The summed E-state index contributed by atoms with van der Waals surface area (Å²) in [5, 5.41) is 13.1. The Hall–Kier alpha value is -1.98. The summed E-state index contributed by atoms with van der Waals surface area (Å²) >= 11 is 1.42. The zero-order valence-corrected chi connectivity index (χ0v) is 13.4. The first-order chi connectivity index (χ1) is 10.5. The number of rotatable bonds is 6. The highest BCUT2D eigenvalue weighted by atomic mass is 32.2. The van der Waals surface area contributed by atoms with Gasteiger partial charge in [-0.15, -0.1) is 11.8 Å². The molecular weight excluding hydrogens is 298 g/mol. The molecule has 5 heteroatoms. The number of hydrogen-bond donors (Lipinski definition) is 2. The Morgan fingerprint density at radius 3 is 2.41 bits per heavy atom. The molecule has 0 aromatic heterocycles. The normalized spacial score (nSPS) is 13.2. The number of benzene rings is 2. The lowest BCUT2D eigenvalue weighted by Gasteiger charge is -2.22. The van der Waals surface area contributed by atoms with E-state index in [1.54, 1.807) is 19.2 Å². The quantitative estimate of drug-likeness (QED) is 0.804. The Morgan fingerprint density at radius 2 is 1.82 bits per heavy atom. The molecule has 0 aliphatic carbocycles. The van der Waals surface area contributed by atoms with Crippen molar-refractivity contribution in [3.63, 3.8) is 0 Å². The van der Waals surface area contributed by atoms with E-state index >= 15 is 0 Å². The van der Waals surface area contributed by atoms with Gasteiger partial charge in [-0.25, -0.2) is 0 Å². The number of hydrogen-bond acceptors (Lipinski definition) is 4. The summed E-state index contributed by atoms with van der Waals surface area (Å²) in [7, 11) is 1.61. The molecule has 0 aliphatic rings. The lowest BCUT2D eigenvalue weighted by Crippen LogP contribution is -2.42. The van der Waals surface area contributed by atoms with Gasteiger partial charge in [-0.1, -0.05) is 18.2 Å². The van der Waals surface area contributed by atoms with Crippen molar-refractivity contribution >= 4 is 23.4 Å². The van der Waals surface area contributed by atoms with E-state index in [0.29, 0.717) is 5.69 Å². The van der Waals surface area contributed by atoms with Crippen molar-refractivity contribution in [3.8, 4) is 5.75 Å². The monoisotopic (exact) mass is 317 g/mol. The van der Waals surface area contributed by atoms with Crippen molar-refractivity contribution in [1.29, 1.82) is 0 Å². The van der Waals surface area contributed by atoms with Crippen LogP contribution < -0.4 is 10.1 Å². The summed E-state index contributed by atoms with van der Waals surface area (Å²) < 4.78 is 5.10. The SMILES string of the molecule is COc1ccc(SC[C@@](C)(O)C(=O)Nc2ccccc2)cc1. The number of methoxy groups -OCH3 is 1. The van der Waals surface area contributed by atoms with Gasteiger partial charge in [0.2, 0.25) is 0 Å². The molecule has 0 fully saturated rings. The van der Waals surface area contributed by atoms with E-state index < -0.39 is 11.5 Å². The maximum atomic E-state index is 12.2. The molecule has 0 saturated heterocycles. The van der Waals surface area contributed by atoms with Crippen molar-refractivity contribution in [2.45, 2.75) is 17.4 Å².